The minimum Gasteiger partial charge on any atom is -0.385 e. The van der Waals surface area contributed by atoms with Gasteiger partial charge in [-0.15, -0.1) is 0 Å². The van der Waals surface area contributed by atoms with Crippen LogP contribution in [0.4, 0.5) is 10.1 Å². The van der Waals surface area contributed by atoms with Crippen LogP contribution in [-0.4, -0.2) is 6.54 Å². The summed E-state index contributed by atoms with van der Waals surface area (Å²) in [7, 11) is 0. The van der Waals surface area contributed by atoms with Crippen molar-refractivity contribution in [3.8, 4) is 0 Å². The zero-order chi connectivity index (χ0) is 8.97. The molecule has 1 aromatic carbocycles. The molecule has 0 saturated carbocycles. The van der Waals surface area contributed by atoms with Crippen molar-refractivity contribution in [1.82, 2.24) is 0 Å². The Kier molecular flexibility index (Phi) is 3.35. The number of benzene rings is 1. The van der Waals surface area contributed by atoms with E-state index in [4.69, 9.17) is 11.6 Å². The van der Waals surface area contributed by atoms with Crippen LogP contribution in [0.3, 0.4) is 0 Å². The molecule has 0 radical (unpaired) electrons. The molecule has 0 fully saturated rings. The standard InChI is InChI=1S/C9H11ClFN/c1-2-5-12-7-3-4-9(11)8(10)6-7/h3-4,6,12H,2,5H2,1H3. The van der Waals surface area contributed by atoms with Crippen molar-refractivity contribution in [1.29, 1.82) is 0 Å². The highest BCUT2D eigenvalue weighted by atomic mass is 35.5. The fourth-order valence-corrected chi connectivity index (χ4v) is 1.06. The van der Waals surface area contributed by atoms with Crippen molar-refractivity contribution < 1.29 is 4.39 Å². The fourth-order valence-electron chi connectivity index (χ4n) is 0.875. The lowest BCUT2D eigenvalue weighted by Crippen LogP contribution is -1.99. The maximum Gasteiger partial charge on any atom is 0.141 e. The van der Waals surface area contributed by atoms with Crippen LogP contribution in [0.15, 0.2) is 18.2 Å². The highest BCUT2D eigenvalue weighted by Gasteiger charge is 1.98. The summed E-state index contributed by atoms with van der Waals surface area (Å²) in [5.41, 5.74) is 0.864. The molecule has 0 atom stereocenters. The second-order valence-corrected chi connectivity index (χ2v) is 2.96. The molecule has 12 heavy (non-hydrogen) atoms. The average Bonchev–Trinajstić information content (AvgIpc) is 2.07. The van der Waals surface area contributed by atoms with Crippen LogP contribution < -0.4 is 5.32 Å². The number of rotatable bonds is 3. The van der Waals surface area contributed by atoms with Crippen molar-refractivity contribution >= 4 is 17.3 Å². The lowest BCUT2D eigenvalue weighted by Gasteiger charge is -2.04. The van der Waals surface area contributed by atoms with Crippen molar-refractivity contribution in [2.75, 3.05) is 11.9 Å². The molecule has 0 aliphatic rings. The average molecular weight is 188 g/mol. The summed E-state index contributed by atoms with van der Waals surface area (Å²) in [5.74, 6) is -0.376. The number of hydrogen-bond acceptors (Lipinski definition) is 1. The van der Waals surface area contributed by atoms with Gasteiger partial charge in [0.15, 0.2) is 0 Å². The third kappa shape index (κ3) is 2.38. The van der Waals surface area contributed by atoms with Gasteiger partial charge in [-0.3, -0.25) is 0 Å². The molecule has 0 aromatic heterocycles. The van der Waals surface area contributed by atoms with E-state index >= 15 is 0 Å². The predicted octanol–water partition coefficient (Wildman–Crippen LogP) is 3.30. The molecule has 0 saturated heterocycles. The largest absolute Gasteiger partial charge is 0.385 e. The second kappa shape index (κ2) is 4.31. The van der Waals surface area contributed by atoms with Gasteiger partial charge >= 0.3 is 0 Å². The van der Waals surface area contributed by atoms with Gasteiger partial charge in [0.2, 0.25) is 0 Å². The van der Waals surface area contributed by atoms with Crippen LogP contribution in [0, 0.1) is 5.82 Å². The number of hydrogen-bond donors (Lipinski definition) is 1. The molecule has 66 valence electrons. The minimum atomic E-state index is -0.376. The summed E-state index contributed by atoms with van der Waals surface area (Å²) in [6, 6.07) is 4.63. The summed E-state index contributed by atoms with van der Waals surface area (Å²) in [6.45, 7) is 2.94. The minimum absolute atomic E-state index is 0.163. The Labute approximate surface area is 76.5 Å². The normalized spacial score (nSPS) is 9.92. The van der Waals surface area contributed by atoms with Gasteiger partial charge < -0.3 is 5.32 Å². The Bertz CT molecular complexity index is 263. The van der Waals surface area contributed by atoms with E-state index in [1.807, 2.05) is 0 Å². The lowest BCUT2D eigenvalue weighted by molar-refractivity contribution is 0.628. The highest BCUT2D eigenvalue weighted by molar-refractivity contribution is 6.31. The zero-order valence-electron chi connectivity index (χ0n) is 6.90. The first-order valence-corrected chi connectivity index (χ1v) is 4.30. The quantitative estimate of drug-likeness (QED) is 0.766. The summed E-state index contributed by atoms with van der Waals surface area (Å²) < 4.78 is 12.7. The van der Waals surface area contributed by atoms with Crippen LogP contribution in [0.25, 0.3) is 0 Å². The maximum absolute atomic E-state index is 12.7. The van der Waals surface area contributed by atoms with Gasteiger partial charge in [-0.1, -0.05) is 18.5 Å². The summed E-state index contributed by atoms with van der Waals surface area (Å²) in [5, 5.41) is 3.27. The molecule has 0 bridgehead atoms. The van der Waals surface area contributed by atoms with E-state index in [-0.39, 0.29) is 10.8 Å². The van der Waals surface area contributed by atoms with E-state index in [0.29, 0.717) is 0 Å². The first kappa shape index (κ1) is 9.33. The highest BCUT2D eigenvalue weighted by Crippen LogP contribution is 2.18. The van der Waals surface area contributed by atoms with Crippen molar-refractivity contribution in [3.63, 3.8) is 0 Å². The summed E-state index contributed by atoms with van der Waals surface area (Å²) in [6.07, 6.45) is 1.04. The molecule has 1 rings (SSSR count). The molecule has 0 aliphatic heterocycles. The van der Waals surface area contributed by atoms with Gasteiger partial charge in [0, 0.05) is 12.2 Å². The third-order valence-electron chi connectivity index (χ3n) is 1.50. The van der Waals surface area contributed by atoms with Gasteiger partial charge in [0.05, 0.1) is 5.02 Å². The van der Waals surface area contributed by atoms with E-state index in [2.05, 4.69) is 12.2 Å². The van der Waals surface area contributed by atoms with Gasteiger partial charge in [-0.25, -0.2) is 4.39 Å². The van der Waals surface area contributed by atoms with Crippen LogP contribution in [0.1, 0.15) is 13.3 Å². The van der Waals surface area contributed by atoms with E-state index in [1.165, 1.54) is 6.07 Å². The van der Waals surface area contributed by atoms with Gasteiger partial charge in [-0.05, 0) is 24.6 Å². The van der Waals surface area contributed by atoms with Gasteiger partial charge in [0.1, 0.15) is 5.82 Å². The Balaban J connectivity index is 2.69. The molecule has 1 aromatic rings. The van der Waals surface area contributed by atoms with Crippen LogP contribution in [0.5, 0.6) is 0 Å². The van der Waals surface area contributed by atoms with Crippen LogP contribution >= 0.6 is 11.6 Å². The fraction of sp³-hybridized carbons (Fsp3) is 0.333. The van der Waals surface area contributed by atoms with E-state index in [0.717, 1.165) is 18.7 Å². The van der Waals surface area contributed by atoms with E-state index in [1.54, 1.807) is 12.1 Å². The SMILES string of the molecule is CCCNc1ccc(F)c(Cl)c1. The first-order valence-electron chi connectivity index (χ1n) is 3.93. The molecular formula is C9H11ClFN. The zero-order valence-corrected chi connectivity index (χ0v) is 7.66. The molecule has 1 nitrogen and oxygen atoms in total. The summed E-state index contributed by atoms with van der Waals surface area (Å²) in [4.78, 5) is 0. The number of nitrogens with one attached hydrogen (secondary N) is 1. The lowest BCUT2D eigenvalue weighted by atomic mass is 10.3. The Hall–Kier alpha value is -0.760. The predicted molar refractivity (Wildman–Crippen MR) is 50.2 cm³/mol. The van der Waals surface area contributed by atoms with E-state index < -0.39 is 0 Å². The molecular weight excluding hydrogens is 177 g/mol. The molecule has 0 heterocycles. The molecule has 0 unspecified atom stereocenters. The van der Waals surface area contributed by atoms with Gasteiger partial charge in [-0.2, -0.15) is 0 Å². The molecule has 1 N–H and O–H groups in total. The maximum atomic E-state index is 12.7. The van der Waals surface area contributed by atoms with E-state index in [9.17, 15) is 4.39 Å². The van der Waals surface area contributed by atoms with Crippen LogP contribution in [-0.2, 0) is 0 Å². The third-order valence-corrected chi connectivity index (χ3v) is 1.79. The molecule has 0 spiro atoms. The molecule has 0 amide bonds. The second-order valence-electron chi connectivity index (χ2n) is 2.56. The van der Waals surface area contributed by atoms with Crippen molar-refractivity contribution in [2.45, 2.75) is 13.3 Å². The van der Waals surface area contributed by atoms with Crippen molar-refractivity contribution in [2.24, 2.45) is 0 Å². The number of anilines is 1. The Morgan fingerprint density at radius 2 is 2.25 bits per heavy atom. The van der Waals surface area contributed by atoms with Crippen molar-refractivity contribution in [3.05, 3.63) is 29.0 Å². The first-order chi connectivity index (χ1) is 5.74. The Morgan fingerprint density at radius 3 is 2.83 bits per heavy atom. The smallest absolute Gasteiger partial charge is 0.141 e. The topological polar surface area (TPSA) is 12.0 Å². The Morgan fingerprint density at radius 1 is 1.50 bits per heavy atom. The van der Waals surface area contributed by atoms with Gasteiger partial charge in [0.25, 0.3) is 0 Å². The number of halogens is 2. The monoisotopic (exact) mass is 187 g/mol. The molecule has 0 aliphatic carbocycles. The summed E-state index contributed by atoms with van der Waals surface area (Å²) >= 11 is 5.58. The molecule has 3 heteroatoms. The van der Waals surface area contributed by atoms with Crippen LogP contribution in [0.2, 0.25) is 5.02 Å².